The van der Waals surface area contributed by atoms with E-state index in [0.29, 0.717) is 24.0 Å². The Labute approximate surface area is 147 Å². The number of halogens is 1. The van der Waals surface area contributed by atoms with Gasteiger partial charge in [0.2, 0.25) is 0 Å². The minimum Gasteiger partial charge on any atom is -0.350 e. The molecule has 1 fully saturated rings. The van der Waals surface area contributed by atoms with Gasteiger partial charge in [-0.15, -0.1) is 0 Å². The lowest BCUT2D eigenvalue weighted by Gasteiger charge is -2.15. The lowest BCUT2D eigenvalue weighted by Crippen LogP contribution is -2.29. The van der Waals surface area contributed by atoms with Crippen LogP contribution in [0.2, 0.25) is 5.02 Å². The van der Waals surface area contributed by atoms with Gasteiger partial charge in [-0.25, -0.2) is 0 Å². The first-order valence-corrected chi connectivity index (χ1v) is 8.73. The number of benzene rings is 1. The van der Waals surface area contributed by atoms with Crippen LogP contribution in [0.3, 0.4) is 0 Å². The van der Waals surface area contributed by atoms with E-state index in [1.807, 2.05) is 36.7 Å². The van der Waals surface area contributed by atoms with Crippen molar-refractivity contribution in [1.29, 1.82) is 0 Å². The van der Waals surface area contributed by atoms with Crippen molar-refractivity contribution in [3.63, 3.8) is 0 Å². The Kier molecular flexibility index (Phi) is 5.21. The molecule has 0 aliphatic carbocycles. The Balaban J connectivity index is 1.64. The third-order valence-corrected chi connectivity index (χ3v) is 5.15. The van der Waals surface area contributed by atoms with Crippen LogP contribution in [0.4, 0.5) is 0 Å². The summed E-state index contributed by atoms with van der Waals surface area (Å²) in [6.45, 7) is 6.91. The highest BCUT2D eigenvalue weighted by atomic mass is 35.5. The summed E-state index contributed by atoms with van der Waals surface area (Å²) in [6, 6.07) is 7.89. The molecule has 128 valence electrons. The lowest BCUT2D eigenvalue weighted by molar-refractivity contribution is 0.0950. The number of hydrogen-bond donors (Lipinski definition) is 2. The summed E-state index contributed by atoms with van der Waals surface area (Å²) in [5, 5.41) is 11.4. The van der Waals surface area contributed by atoms with Gasteiger partial charge in [0.15, 0.2) is 0 Å². The summed E-state index contributed by atoms with van der Waals surface area (Å²) in [6.07, 6.45) is 1.08. The number of nitrogens with zero attached hydrogens (tertiary/aromatic N) is 2. The second-order valence-electron chi connectivity index (χ2n) is 6.24. The number of carbonyl (C=O) groups excluding carboxylic acids is 1. The molecule has 0 spiro atoms. The van der Waals surface area contributed by atoms with Crippen LogP contribution in [-0.2, 0) is 6.54 Å². The van der Waals surface area contributed by atoms with Gasteiger partial charge in [0.05, 0.1) is 23.0 Å². The van der Waals surface area contributed by atoms with Gasteiger partial charge in [0.1, 0.15) is 0 Å². The van der Waals surface area contributed by atoms with Crippen molar-refractivity contribution in [2.75, 3.05) is 19.6 Å². The Bertz CT molecular complexity index is 735. The van der Waals surface area contributed by atoms with E-state index in [-0.39, 0.29) is 5.91 Å². The number of carbonyl (C=O) groups is 1. The molecule has 0 radical (unpaired) electrons. The summed E-state index contributed by atoms with van der Waals surface area (Å²) in [5.74, 6) is 0.395. The van der Waals surface area contributed by atoms with Crippen LogP contribution >= 0.6 is 11.6 Å². The SMILES string of the molecule is Cc1nn(CCNC(=O)c2ccccc2C2CCNC2)c(C)c1Cl. The van der Waals surface area contributed by atoms with Crippen molar-refractivity contribution in [3.8, 4) is 0 Å². The first-order chi connectivity index (χ1) is 11.6. The van der Waals surface area contributed by atoms with E-state index >= 15 is 0 Å². The molecular formula is C18H23ClN4O. The summed E-state index contributed by atoms with van der Waals surface area (Å²) in [4.78, 5) is 12.6. The van der Waals surface area contributed by atoms with Crippen LogP contribution in [0.1, 0.15) is 39.6 Å². The Morgan fingerprint density at radius 1 is 1.42 bits per heavy atom. The van der Waals surface area contributed by atoms with E-state index in [1.54, 1.807) is 0 Å². The molecule has 2 heterocycles. The molecule has 1 aliphatic heterocycles. The van der Waals surface area contributed by atoms with Crippen molar-refractivity contribution >= 4 is 17.5 Å². The van der Waals surface area contributed by atoms with Crippen molar-refractivity contribution in [1.82, 2.24) is 20.4 Å². The Hall–Kier alpha value is -1.85. The fourth-order valence-electron chi connectivity index (χ4n) is 3.24. The monoisotopic (exact) mass is 346 g/mol. The predicted octanol–water partition coefficient (Wildman–Crippen LogP) is 2.66. The molecule has 6 heteroatoms. The fourth-order valence-corrected chi connectivity index (χ4v) is 3.38. The highest BCUT2D eigenvalue weighted by Gasteiger charge is 2.21. The molecule has 2 N–H and O–H groups in total. The summed E-state index contributed by atoms with van der Waals surface area (Å²) in [7, 11) is 0. The summed E-state index contributed by atoms with van der Waals surface area (Å²) in [5.41, 5.74) is 3.66. The molecule has 1 amide bonds. The maximum absolute atomic E-state index is 12.6. The number of rotatable bonds is 5. The predicted molar refractivity (Wildman–Crippen MR) is 95.7 cm³/mol. The quantitative estimate of drug-likeness (QED) is 0.875. The average Bonchev–Trinajstić information content (AvgIpc) is 3.20. The zero-order valence-corrected chi connectivity index (χ0v) is 14.9. The van der Waals surface area contributed by atoms with E-state index in [1.165, 1.54) is 0 Å². The van der Waals surface area contributed by atoms with Crippen molar-refractivity contribution < 1.29 is 4.79 Å². The van der Waals surface area contributed by atoms with Gasteiger partial charge in [-0.1, -0.05) is 29.8 Å². The summed E-state index contributed by atoms with van der Waals surface area (Å²) < 4.78 is 1.84. The zero-order chi connectivity index (χ0) is 17.1. The number of hydrogen-bond acceptors (Lipinski definition) is 3. The molecule has 1 saturated heterocycles. The van der Waals surface area contributed by atoms with Crippen LogP contribution in [0.5, 0.6) is 0 Å². The Morgan fingerprint density at radius 3 is 2.88 bits per heavy atom. The average molecular weight is 347 g/mol. The fraction of sp³-hybridized carbons (Fsp3) is 0.444. The van der Waals surface area contributed by atoms with Gasteiger partial charge in [-0.2, -0.15) is 5.10 Å². The number of aromatic nitrogens is 2. The first kappa shape index (κ1) is 17.0. The van der Waals surface area contributed by atoms with Crippen LogP contribution < -0.4 is 10.6 Å². The molecule has 1 unspecified atom stereocenters. The van der Waals surface area contributed by atoms with Gasteiger partial charge in [0.25, 0.3) is 5.91 Å². The van der Waals surface area contributed by atoms with Crippen LogP contribution in [0.25, 0.3) is 0 Å². The normalized spacial score (nSPS) is 17.2. The zero-order valence-electron chi connectivity index (χ0n) is 14.1. The smallest absolute Gasteiger partial charge is 0.251 e. The molecule has 1 aromatic heterocycles. The van der Waals surface area contributed by atoms with Gasteiger partial charge >= 0.3 is 0 Å². The van der Waals surface area contributed by atoms with Crippen molar-refractivity contribution in [2.24, 2.45) is 0 Å². The van der Waals surface area contributed by atoms with E-state index in [2.05, 4.69) is 21.8 Å². The second kappa shape index (κ2) is 7.36. The molecule has 0 bridgehead atoms. The molecule has 1 aromatic carbocycles. The van der Waals surface area contributed by atoms with E-state index < -0.39 is 0 Å². The molecule has 24 heavy (non-hydrogen) atoms. The summed E-state index contributed by atoms with van der Waals surface area (Å²) >= 11 is 6.15. The first-order valence-electron chi connectivity index (χ1n) is 8.35. The topological polar surface area (TPSA) is 59.0 Å². The highest BCUT2D eigenvalue weighted by molar-refractivity contribution is 6.31. The van der Waals surface area contributed by atoms with Gasteiger partial charge < -0.3 is 10.6 Å². The standard InChI is InChI=1S/C18H23ClN4O/c1-12-17(19)13(2)23(22-12)10-9-21-18(24)16-6-4-3-5-15(16)14-7-8-20-11-14/h3-6,14,20H,7-11H2,1-2H3,(H,21,24). The number of amides is 1. The van der Waals surface area contributed by atoms with E-state index in [0.717, 1.165) is 42.0 Å². The molecular weight excluding hydrogens is 324 g/mol. The van der Waals surface area contributed by atoms with E-state index in [9.17, 15) is 4.79 Å². The van der Waals surface area contributed by atoms with Crippen molar-refractivity contribution in [2.45, 2.75) is 32.7 Å². The minimum absolute atomic E-state index is 0.0230. The molecule has 3 rings (SSSR count). The third kappa shape index (κ3) is 3.47. The molecule has 0 saturated carbocycles. The molecule has 5 nitrogen and oxygen atoms in total. The van der Waals surface area contributed by atoms with Gasteiger partial charge in [0, 0.05) is 18.7 Å². The van der Waals surface area contributed by atoms with Crippen molar-refractivity contribution in [3.05, 3.63) is 51.8 Å². The number of nitrogens with one attached hydrogen (secondary N) is 2. The largest absolute Gasteiger partial charge is 0.350 e. The molecule has 1 aliphatic rings. The maximum atomic E-state index is 12.6. The van der Waals surface area contributed by atoms with Crippen LogP contribution in [0, 0.1) is 13.8 Å². The second-order valence-corrected chi connectivity index (χ2v) is 6.62. The third-order valence-electron chi connectivity index (χ3n) is 4.61. The minimum atomic E-state index is -0.0230. The maximum Gasteiger partial charge on any atom is 0.251 e. The highest BCUT2D eigenvalue weighted by Crippen LogP contribution is 2.25. The molecule has 1 atom stereocenters. The molecule has 2 aromatic rings. The van der Waals surface area contributed by atoms with Gasteiger partial charge in [-0.3, -0.25) is 9.48 Å². The van der Waals surface area contributed by atoms with E-state index in [4.69, 9.17) is 11.6 Å². The number of aryl methyl sites for hydroxylation is 1. The Morgan fingerprint density at radius 2 is 2.21 bits per heavy atom. The van der Waals surface area contributed by atoms with Gasteiger partial charge in [-0.05, 0) is 44.4 Å². The van der Waals surface area contributed by atoms with Crippen LogP contribution in [-0.4, -0.2) is 35.3 Å². The lowest BCUT2D eigenvalue weighted by atomic mass is 9.93. The van der Waals surface area contributed by atoms with Crippen LogP contribution in [0.15, 0.2) is 24.3 Å².